The van der Waals surface area contributed by atoms with Gasteiger partial charge in [-0.15, -0.1) is 0 Å². The van der Waals surface area contributed by atoms with Crippen LogP contribution in [0.15, 0.2) is 42.5 Å². The number of halogens is 1. The van der Waals surface area contributed by atoms with Crippen LogP contribution in [0.1, 0.15) is 41.4 Å². The van der Waals surface area contributed by atoms with Crippen molar-refractivity contribution in [2.45, 2.75) is 26.3 Å². The molecule has 1 unspecified atom stereocenters. The Hall–Kier alpha value is -2.53. The lowest BCUT2D eigenvalue weighted by Gasteiger charge is -2.34. The van der Waals surface area contributed by atoms with Gasteiger partial charge in [0.25, 0.3) is 0 Å². The monoisotopic (exact) mass is 340 g/mol. The number of nitrogens with one attached hydrogen (secondary N) is 1. The summed E-state index contributed by atoms with van der Waals surface area (Å²) in [5.41, 5.74) is 3.08. The first kappa shape index (κ1) is 17.3. The fraction of sp³-hybridized carbons (Fsp3) is 0.300. The molecule has 25 heavy (non-hydrogen) atoms. The average Bonchev–Trinajstić information content (AvgIpc) is 2.58. The maximum atomic E-state index is 13.5. The predicted molar refractivity (Wildman–Crippen MR) is 95.2 cm³/mol. The first-order valence-corrected chi connectivity index (χ1v) is 8.38. The number of anilines is 1. The van der Waals surface area contributed by atoms with E-state index in [1.54, 1.807) is 30.3 Å². The number of ketones is 1. The molecule has 0 aliphatic carbocycles. The topological polar surface area (TPSA) is 49.4 Å². The molecule has 1 aliphatic heterocycles. The van der Waals surface area contributed by atoms with Crippen molar-refractivity contribution in [3.05, 3.63) is 65.0 Å². The van der Waals surface area contributed by atoms with Crippen LogP contribution in [0.5, 0.6) is 0 Å². The van der Waals surface area contributed by atoms with Crippen molar-refractivity contribution in [3.63, 3.8) is 0 Å². The van der Waals surface area contributed by atoms with Gasteiger partial charge >= 0.3 is 0 Å². The maximum absolute atomic E-state index is 13.5. The lowest BCUT2D eigenvalue weighted by atomic mass is 9.93. The summed E-state index contributed by atoms with van der Waals surface area (Å²) in [4.78, 5) is 26.1. The third kappa shape index (κ3) is 3.77. The van der Waals surface area contributed by atoms with Gasteiger partial charge in [0.1, 0.15) is 5.82 Å². The molecule has 4 nitrogen and oxygen atoms in total. The zero-order chi connectivity index (χ0) is 18.0. The zero-order valence-corrected chi connectivity index (χ0v) is 14.4. The molecule has 1 heterocycles. The predicted octanol–water partition coefficient (Wildman–Crippen LogP) is 3.59. The number of fused-ring (bicyclic) bond motifs is 1. The minimum Gasteiger partial charge on any atom is -0.324 e. The van der Waals surface area contributed by atoms with E-state index in [0.29, 0.717) is 11.3 Å². The molecule has 5 heteroatoms. The van der Waals surface area contributed by atoms with Crippen LogP contribution >= 0.6 is 0 Å². The summed E-state index contributed by atoms with van der Waals surface area (Å²) >= 11 is 0. The number of hydrogen-bond donors (Lipinski definition) is 1. The molecular formula is C20H21FN2O2. The number of carbonyl (C=O) groups is 2. The Morgan fingerprint density at radius 2 is 2.00 bits per heavy atom. The Bertz CT molecular complexity index is 819. The number of Topliss-reactive ketones (excluding diaryl/α,β-unsaturated/α-hetero) is 1. The number of para-hydroxylation sites is 1. The number of nitrogens with zero attached hydrogens (tertiary/aromatic N) is 1. The normalized spacial score (nSPS) is 17.0. The van der Waals surface area contributed by atoms with Crippen molar-refractivity contribution in [2.24, 2.45) is 0 Å². The molecule has 0 radical (unpaired) electrons. The minimum atomic E-state index is -0.257. The number of rotatable bonds is 4. The second kappa shape index (κ2) is 7.15. The zero-order valence-electron chi connectivity index (χ0n) is 14.4. The van der Waals surface area contributed by atoms with Gasteiger partial charge in [0.2, 0.25) is 5.91 Å². The lowest BCUT2D eigenvalue weighted by molar-refractivity contribution is -0.117. The van der Waals surface area contributed by atoms with Crippen LogP contribution in [0.25, 0.3) is 0 Å². The minimum absolute atomic E-state index is 0.0340. The molecular weight excluding hydrogens is 319 g/mol. The van der Waals surface area contributed by atoms with Crippen LogP contribution in [0.3, 0.4) is 0 Å². The van der Waals surface area contributed by atoms with Crippen molar-refractivity contribution in [1.82, 2.24) is 4.90 Å². The van der Waals surface area contributed by atoms with Crippen LogP contribution in [0.2, 0.25) is 0 Å². The van der Waals surface area contributed by atoms with E-state index >= 15 is 0 Å². The molecule has 1 amide bonds. The van der Waals surface area contributed by atoms with E-state index < -0.39 is 0 Å². The quantitative estimate of drug-likeness (QED) is 0.866. The summed E-state index contributed by atoms with van der Waals surface area (Å²) in [7, 11) is 0. The highest BCUT2D eigenvalue weighted by Crippen LogP contribution is 2.29. The highest BCUT2D eigenvalue weighted by molar-refractivity contribution is 6.04. The number of carbonyl (C=O) groups excluding carboxylic acids is 2. The van der Waals surface area contributed by atoms with Crippen LogP contribution in [-0.2, 0) is 11.2 Å². The van der Waals surface area contributed by atoms with Crippen LogP contribution < -0.4 is 5.32 Å². The molecule has 0 bridgehead atoms. The number of amides is 1. The molecule has 2 aromatic rings. The highest BCUT2D eigenvalue weighted by atomic mass is 19.1. The van der Waals surface area contributed by atoms with E-state index in [4.69, 9.17) is 0 Å². The molecule has 0 aromatic heterocycles. The van der Waals surface area contributed by atoms with E-state index in [1.165, 1.54) is 13.0 Å². The SMILES string of the molecule is CC(=O)c1ccccc1NC(=O)CN1CCc2ccc(F)cc2C1C. The van der Waals surface area contributed by atoms with Crippen molar-refractivity contribution >= 4 is 17.4 Å². The van der Waals surface area contributed by atoms with Crippen molar-refractivity contribution in [1.29, 1.82) is 0 Å². The van der Waals surface area contributed by atoms with Gasteiger partial charge in [0.15, 0.2) is 5.78 Å². The summed E-state index contributed by atoms with van der Waals surface area (Å²) in [6.45, 7) is 4.39. The van der Waals surface area contributed by atoms with Crippen molar-refractivity contribution in [3.8, 4) is 0 Å². The highest BCUT2D eigenvalue weighted by Gasteiger charge is 2.26. The smallest absolute Gasteiger partial charge is 0.238 e. The Kier molecular flexibility index (Phi) is 4.95. The van der Waals surface area contributed by atoms with Crippen molar-refractivity contribution in [2.75, 3.05) is 18.4 Å². The largest absolute Gasteiger partial charge is 0.324 e. The molecule has 1 atom stereocenters. The Labute approximate surface area is 146 Å². The van der Waals surface area contributed by atoms with Gasteiger partial charge in [0, 0.05) is 18.2 Å². The molecule has 1 aliphatic rings. The molecule has 0 saturated heterocycles. The summed E-state index contributed by atoms with van der Waals surface area (Å²) in [5, 5.41) is 2.82. The molecule has 0 saturated carbocycles. The second-order valence-corrected chi connectivity index (χ2v) is 6.39. The number of hydrogen-bond acceptors (Lipinski definition) is 3. The Balaban J connectivity index is 1.71. The number of benzene rings is 2. The molecule has 0 fully saturated rings. The van der Waals surface area contributed by atoms with Gasteiger partial charge in [-0.25, -0.2) is 4.39 Å². The Morgan fingerprint density at radius 1 is 1.24 bits per heavy atom. The Morgan fingerprint density at radius 3 is 2.76 bits per heavy atom. The molecule has 0 spiro atoms. The molecule has 3 rings (SSSR count). The van der Waals surface area contributed by atoms with Crippen LogP contribution in [-0.4, -0.2) is 29.7 Å². The summed E-state index contributed by atoms with van der Waals surface area (Å²) in [6, 6.07) is 11.8. The molecule has 1 N–H and O–H groups in total. The van der Waals surface area contributed by atoms with Gasteiger partial charge in [-0.3, -0.25) is 14.5 Å². The molecule has 2 aromatic carbocycles. The third-order valence-corrected chi connectivity index (χ3v) is 4.70. The summed E-state index contributed by atoms with van der Waals surface area (Å²) in [6.07, 6.45) is 0.789. The first-order chi connectivity index (χ1) is 12.0. The third-order valence-electron chi connectivity index (χ3n) is 4.70. The van der Waals surface area contributed by atoms with Crippen molar-refractivity contribution < 1.29 is 14.0 Å². The van der Waals surface area contributed by atoms with E-state index in [1.807, 2.05) is 17.9 Å². The fourth-order valence-electron chi connectivity index (χ4n) is 3.33. The van der Waals surface area contributed by atoms with Crippen LogP contribution in [0.4, 0.5) is 10.1 Å². The second-order valence-electron chi connectivity index (χ2n) is 6.39. The maximum Gasteiger partial charge on any atom is 0.238 e. The van der Waals surface area contributed by atoms with E-state index in [2.05, 4.69) is 5.32 Å². The summed E-state index contributed by atoms with van der Waals surface area (Å²) < 4.78 is 13.5. The van der Waals surface area contributed by atoms with Gasteiger partial charge in [-0.2, -0.15) is 0 Å². The van der Waals surface area contributed by atoms with E-state index in [-0.39, 0.29) is 30.1 Å². The van der Waals surface area contributed by atoms with Gasteiger partial charge < -0.3 is 5.32 Å². The summed E-state index contributed by atoms with van der Waals surface area (Å²) in [5.74, 6) is -0.528. The average molecular weight is 340 g/mol. The van der Waals surface area contributed by atoms with E-state index in [0.717, 1.165) is 24.1 Å². The van der Waals surface area contributed by atoms with Gasteiger partial charge in [-0.05, 0) is 55.7 Å². The fourth-order valence-corrected chi connectivity index (χ4v) is 3.33. The lowest BCUT2D eigenvalue weighted by Crippen LogP contribution is -2.39. The van der Waals surface area contributed by atoms with Gasteiger partial charge in [-0.1, -0.05) is 18.2 Å². The molecule has 130 valence electrons. The van der Waals surface area contributed by atoms with Crippen LogP contribution in [0, 0.1) is 5.82 Å². The van der Waals surface area contributed by atoms with E-state index in [9.17, 15) is 14.0 Å². The first-order valence-electron chi connectivity index (χ1n) is 8.38. The van der Waals surface area contributed by atoms with Gasteiger partial charge in [0.05, 0.1) is 12.2 Å². The standard InChI is InChI=1S/C20H21FN2O2/c1-13-18-11-16(21)8-7-15(18)9-10-23(13)12-20(25)22-19-6-4-3-5-17(19)14(2)24/h3-8,11,13H,9-10,12H2,1-2H3,(H,22,25).